The van der Waals surface area contributed by atoms with Gasteiger partial charge in [-0.05, 0) is 42.0 Å². The zero-order valence-corrected chi connectivity index (χ0v) is 16.1. The fourth-order valence-electron chi connectivity index (χ4n) is 3.10. The number of rotatable bonds is 4. The zero-order valence-electron chi connectivity index (χ0n) is 14.5. The molecule has 1 N–H and O–H groups in total. The summed E-state index contributed by atoms with van der Waals surface area (Å²) in [6, 6.07) is 12.5. The molecule has 28 heavy (non-hydrogen) atoms. The number of hydrogen-bond donors (Lipinski definition) is 1. The number of amides is 1. The molecule has 1 aromatic heterocycles. The standard InChI is InChI=1S/C19H15ClFN3O3S/c20-13-3-7-15(8-4-13)24-19(16-10-28(26,27)11-17(16)23-24)22-18(25)9-12-1-5-14(21)6-2-12/h1-8H,9-11H2,(H,22,25). The number of fused-ring (bicyclic) bond motifs is 1. The minimum absolute atomic E-state index is 0.0214. The maximum Gasteiger partial charge on any atom is 0.229 e. The van der Waals surface area contributed by atoms with Gasteiger partial charge in [-0.15, -0.1) is 0 Å². The molecule has 0 radical (unpaired) electrons. The van der Waals surface area contributed by atoms with Crippen LogP contribution in [-0.4, -0.2) is 24.1 Å². The summed E-state index contributed by atoms with van der Waals surface area (Å²) in [6.07, 6.45) is 0.0214. The number of nitrogens with one attached hydrogen (secondary N) is 1. The van der Waals surface area contributed by atoms with Gasteiger partial charge in [-0.1, -0.05) is 23.7 Å². The van der Waals surface area contributed by atoms with Crippen LogP contribution in [-0.2, 0) is 32.6 Å². The molecule has 6 nitrogen and oxygen atoms in total. The van der Waals surface area contributed by atoms with Crippen LogP contribution in [0.4, 0.5) is 10.2 Å². The molecule has 9 heteroatoms. The second kappa shape index (κ2) is 7.03. The molecule has 0 spiro atoms. The molecule has 0 bridgehead atoms. The molecule has 4 rings (SSSR count). The number of carbonyl (C=O) groups excluding carboxylic acids is 1. The summed E-state index contributed by atoms with van der Waals surface area (Å²) in [6.45, 7) is 0. The van der Waals surface area contributed by atoms with E-state index in [1.807, 2.05) is 0 Å². The highest BCUT2D eigenvalue weighted by molar-refractivity contribution is 7.90. The van der Waals surface area contributed by atoms with Crippen molar-refractivity contribution in [2.24, 2.45) is 0 Å². The first kappa shape index (κ1) is 18.6. The lowest BCUT2D eigenvalue weighted by molar-refractivity contribution is -0.115. The normalized spacial score (nSPS) is 14.6. The number of hydrogen-bond acceptors (Lipinski definition) is 4. The molecule has 0 aliphatic carbocycles. The Morgan fingerprint density at radius 3 is 2.46 bits per heavy atom. The van der Waals surface area contributed by atoms with E-state index in [0.717, 1.165) is 0 Å². The van der Waals surface area contributed by atoms with Crippen LogP contribution in [0.3, 0.4) is 0 Å². The van der Waals surface area contributed by atoms with Gasteiger partial charge in [0.15, 0.2) is 9.84 Å². The lowest BCUT2D eigenvalue weighted by atomic mass is 10.1. The molecule has 0 fully saturated rings. The van der Waals surface area contributed by atoms with Gasteiger partial charge >= 0.3 is 0 Å². The smallest absolute Gasteiger partial charge is 0.229 e. The van der Waals surface area contributed by atoms with E-state index in [0.29, 0.717) is 33.3 Å². The number of sulfone groups is 1. The molecular weight excluding hydrogens is 405 g/mol. The van der Waals surface area contributed by atoms with Crippen LogP contribution < -0.4 is 5.32 Å². The van der Waals surface area contributed by atoms with Gasteiger partial charge in [0.25, 0.3) is 0 Å². The Bertz CT molecular complexity index is 1160. The van der Waals surface area contributed by atoms with E-state index in [-0.39, 0.29) is 29.7 Å². The molecule has 0 atom stereocenters. The first-order valence-electron chi connectivity index (χ1n) is 8.42. The molecular formula is C19H15ClFN3O3S. The number of aromatic nitrogens is 2. The fraction of sp³-hybridized carbons (Fsp3) is 0.158. The second-order valence-electron chi connectivity index (χ2n) is 6.55. The second-order valence-corrected chi connectivity index (χ2v) is 9.05. The highest BCUT2D eigenvalue weighted by Gasteiger charge is 2.33. The Morgan fingerprint density at radius 1 is 1.11 bits per heavy atom. The summed E-state index contributed by atoms with van der Waals surface area (Å²) in [4.78, 5) is 12.5. The van der Waals surface area contributed by atoms with Crippen LogP contribution in [0.2, 0.25) is 5.02 Å². The molecule has 0 unspecified atom stereocenters. The summed E-state index contributed by atoms with van der Waals surface area (Å²) < 4.78 is 38.5. The van der Waals surface area contributed by atoms with Gasteiger partial charge in [0, 0.05) is 10.6 Å². The van der Waals surface area contributed by atoms with Crippen LogP contribution in [0.25, 0.3) is 5.69 Å². The van der Waals surface area contributed by atoms with Crippen molar-refractivity contribution in [2.45, 2.75) is 17.9 Å². The highest BCUT2D eigenvalue weighted by atomic mass is 35.5. The van der Waals surface area contributed by atoms with Crippen molar-refractivity contribution in [3.63, 3.8) is 0 Å². The highest BCUT2D eigenvalue weighted by Crippen LogP contribution is 2.33. The lowest BCUT2D eigenvalue weighted by Crippen LogP contribution is -2.18. The van der Waals surface area contributed by atoms with Gasteiger partial charge in [-0.2, -0.15) is 5.10 Å². The maximum absolute atomic E-state index is 13.0. The van der Waals surface area contributed by atoms with E-state index in [2.05, 4.69) is 10.4 Å². The Hall–Kier alpha value is -2.71. The van der Waals surface area contributed by atoms with Gasteiger partial charge < -0.3 is 5.32 Å². The average Bonchev–Trinajstić information content (AvgIpc) is 3.10. The third-order valence-corrected chi connectivity index (χ3v) is 6.09. The summed E-state index contributed by atoms with van der Waals surface area (Å²) >= 11 is 5.93. The SMILES string of the molecule is O=C(Cc1ccc(F)cc1)Nc1c2c(nn1-c1ccc(Cl)cc1)CS(=O)(=O)C2. The van der Waals surface area contributed by atoms with Crippen LogP contribution in [0.15, 0.2) is 48.5 Å². The Morgan fingerprint density at radius 2 is 1.79 bits per heavy atom. The minimum atomic E-state index is -3.28. The van der Waals surface area contributed by atoms with Crippen molar-refractivity contribution in [2.75, 3.05) is 5.32 Å². The number of benzene rings is 2. The van der Waals surface area contributed by atoms with Crippen molar-refractivity contribution in [3.8, 4) is 5.69 Å². The Balaban J connectivity index is 1.67. The molecule has 0 saturated heterocycles. The van der Waals surface area contributed by atoms with Crippen LogP contribution in [0, 0.1) is 5.82 Å². The maximum atomic E-state index is 13.0. The van der Waals surface area contributed by atoms with Gasteiger partial charge in [0.05, 0.1) is 29.3 Å². The lowest BCUT2D eigenvalue weighted by Gasteiger charge is -2.11. The number of halogens is 2. The first-order valence-corrected chi connectivity index (χ1v) is 10.6. The van der Waals surface area contributed by atoms with Crippen molar-refractivity contribution < 1.29 is 17.6 Å². The molecule has 1 amide bonds. The number of nitrogens with zero attached hydrogens (tertiary/aromatic N) is 2. The van der Waals surface area contributed by atoms with Crippen molar-refractivity contribution in [3.05, 3.63) is 76.2 Å². The molecule has 2 aromatic carbocycles. The first-order chi connectivity index (χ1) is 13.3. The van der Waals surface area contributed by atoms with E-state index in [1.54, 1.807) is 24.3 Å². The van der Waals surface area contributed by atoms with Gasteiger partial charge in [-0.3, -0.25) is 4.79 Å². The topological polar surface area (TPSA) is 81.1 Å². The van der Waals surface area contributed by atoms with Crippen LogP contribution in [0.1, 0.15) is 16.8 Å². The van der Waals surface area contributed by atoms with Crippen LogP contribution >= 0.6 is 11.6 Å². The van der Waals surface area contributed by atoms with E-state index < -0.39 is 9.84 Å². The van der Waals surface area contributed by atoms with E-state index >= 15 is 0 Å². The Kier molecular flexibility index (Phi) is 4.68. The van der Waals surface area contributed by atoms with Crippen molar-refractivity contribution in [1.82, 2.24) is 9.78 Å². The van der Waals surface area contributed by atoms with E-state index in [9.17, 15) is 17.6 Å². The van der Waals surface area contributed by atoms with Gasteiger partial charge in [-0.25, -0.2) is 17.5 Å². The van der Waals surface area contributed by atoms with E-state index in [1.165, 1.54) is 28.9 Å². The third-order valence-electron chi connectivity index (χ3n) is 4.39. The number of carbonyl (C=O) groups is 1. The molecule has 1 aliphatic heterocycles. The molecule has 2 heterocycles. The monoisotopic (exact) mass is 419 g/mol. The molecule has 3 aromatic rings. The zero-order chi connectivity index (χ0) is 19.9. The molecule has 0 saturated carbocycles. The summed E-state index contributed by atoms with van der Waals surface area (Å²) in [5.41, 5.74) is 2.20. The molecule has 1 aliphatic rings. The summed E-state index contributed by atoms with van der Waals surface area (Å²) in [5.74, 6) is -0.751. The minimum Gasteiger partial charge on any atom is -0.310 e. The quantitative estimate of drug-likeness (QED) is 0.703. The average molecular weight is 420 g/mol. The molecule has 144 valence electrons. The van der Waals surface area contributed by atoms with Crippen LogP contribution in [0.5, 0.6) is 0 Å². The van der Waals surface area contributed by atoms with Gasteiger partial charge in [0.1, 0.15) is 11.6 Å². The third kappa shape index (κ3) is 3.79. The van der Waals surface area contributed by atoms with E-state index in [4.69, 9.17) is 11.6 Å². The predicted molar refractivity (Wildman–Crippen MR) is 104 cm³/mol. The number of anilines is 1. The largest absolute Gasteiger partial charge is 0.310 e. The van der Waals surface area contributed by atoms with Crippen molar-refractivity contribution in [1.29, 1.82) is 0 Å². The summed E-state index contributed by atoms with van der Waals surface area (Å²) in [7, 11) is -3.28. The predicted octanol–water partition coefficient (Wildman–Crippen LogP) is 3.27. The Labute approximate surface area is 165 Å². The summed E-state index contributed by atoms with van der Waals surface area (Å²) in [5, 5.41) is 7.71. The van der Waals surface area contributed by atoms with Crippen molar-refractivity contribution >= 4 is 33.2 Å². The van der Waals surface area contributed by atoms with Gasteiger partial charge in [0.2, 0.25) is 5.91 Å². The fourth-order valence-corrected chi connectivity index (χ4v) is 4.72.